The van der Waals surface area contributed by atoms with Crippen molar-refractivity contribution in [3.8, 4) is 0 Å². The van der Waals surface area contributed by atoms with E-state index < -0.39 is 26.6 Å². The second-order valence-corrected chi connectivity index (χ2v) is 2.59. The highest BCUT2D eigenvalue weighted by Crippen LogP contribution is 2.18. The zero-order valence-corrected chi connectivity index (χ0v) is 8.94. The molecule has 1 aromatic rings. The number of nitrogens with two attached hydrogens (primary N) is 3. The number of guanidine groups is 1. The highest BCUT2D eigenvalue weighted by atomic mass is 16.7. The molecule has 0 spiro atoms. The van der Waals surface area contributed by atoms with Crippen LogP contribution in [0.2, 0.25) is 0 Å². The van der Waals surface area contributed by atoms with Crippen LogP contribution >= 0.6 is 0 Å². The summed E-state index contributed by atoms with van der Waals surface area (Å²) < 4.78 is 0.109. The van der Waals surface area contributed by atoms with Crippen molar-refractivity contribution >= 4 is 17.7 Å². The smallest absolute Gasteiger partial charge is 0.390 e. The molecule has 0 unspecified atom stereocenters. The van der Waals surface area contributed by atoms with Crippen molar-refractivity contribution in [2.45, 2.75) is 0 Å². The normalized spacial score (nSPS) is 8.84. The Morgan fingerprint density at radius 1 is 1.26 bits per heavy atom. The third-order valence-corrected chi connectivity index (χ3v) is 1.18. The number of nitro groups is 3. The average molecular weight is 277 g/mol. The summed E-state index contributed by atoms with van der Waals surface area (Å²) in [6, 6.07) is 0. The van der Waals surface area contributed by atoms with Crippen LogP contribution in [0.25, 0.3) is 5.53 Å². The molecule has 0 aromatic carbocycles. The van der Waals surface area contributed by atoms with Crippen LogP contribution in [0.3, 0.4) is 0 Å². The number of hydrogen-bond donors (Lipinski definition) is 3. The summed E-state index contributed by atoms with van der Waals surface area (Å²) in [4.78, 5) is 31.1. The topological polar surface area (TPSA) is 239 Å². The molecule has 0 saturated carbocycles. The van der Waals surface area contributed by atoms with E-state index in [9.17, 15) is 30.3 Å². The van der Waals surface area contributed by atoms with E-state index in [0.29, 0.717) is 6.20 Å². The highest BCUT2D eigenvalue weighted by molar-refractivity contribution is 5.68. The summed E-state index contributed by atoms with van der Waals surface area (Å²) in [5.41, 5.74) is 11.7. The minimum atomic E-state index is -1.24. The fourth-order valence-corrected chi connectivity index (χ4v) is 0.707. The first-order valence-electron chi connectivity index (χ1n) is 4.03. The van der Waals surface area contributed by atoms with E-state index in [1.54, 1.807) is 0 Å². The fourth-order valence-electron chi connectivity index (χ4n) is 0.707. The summed E-state index contributed by atoms with van der Waals surface area (Å²) in [6.45, 7) is 0. The molecule has 1 rings (SSSR count). The van der Waals surface area contributed by atoms with Gasteiger partial charge in [-0.15, -0.1) is 5.03 Å². The molecule has 0 amide bonds. The number of imidazole rings is 1. The third-order valence-electron chi connectivity index (χ3n) is 1.18. The van der Waals surface area contributed by atoms with Gasteiger partial charge in [-0.25, -0.2) is 0 Å². The quantitative estimate of drug-likeness (QED) is 0.220. The molecular weight excluding hydrogens is 270 g/mol. The first kappa shape index (κ1) is 15.5. The monoisotopic (exact) mass is 277 g/mol. The Morgan fingerprint density at radius 2 is 1.74 bits per heavy atom. The Balaban J connectivity index is 0.000000711. The van der Waals surface area contributed by atoms with Gasteiger partial charge < -0.3 is 35.9 Å². The minimum absolute atomic E-state index is 0.0833. The van der Waals surface area contributed by atoms with Gasteiger partial charge in [0.25, 0.3) is 0 Å². The van der Waals surface area contributed by atoms with Crippen LogP contribution < -0.4 is 16.9 Å². The van der Waals surface area contributed by atoms with Gasteiger partial charge in [0.05, 0.1) is 0 Å². The maximum atomic E-state index is 10.3. The van der Waals surface area contributed by atoms with E-state index in [0.717, 1.165) is 0 Å². The molecular formula is C4H7N9O6. The van der Waals surface area contributed by atoms with Crippen molar-refractivity contribution in [1.82, 2.24) is 9.66 Å². The van der Waals surface area contributed by atoms with E-state index in [1.165, 1.54) is 0 Å². The maximum absolute atomic E-state index is 10.3. The molecule has 104 valence electrons. The molecule has 1 aromatic heterocycles. The second-order valence-electron chi connectivity index (χ2n) is 2.59. The third kappa shape index (κ3) is 5.38. The van der Waals surface area contributed by atoms with Crippen molar-refractivity contribution in [2.24, 2.45) is 11.5 Å². The first-order valence-corrected chi connectivity index (χ1v) is 4.03. The predicted octanol–water partition coefficient (Wildman–Crippen LogP) is -2.95. The molecule has 0 aliphatic carbocycles. The van der Waals surface area contributed by atoms with Crippen molar-refractivity contribution < 1.29 is 20.3 Å². The van der Waals surface area contributed by atoms with Gasteiger partial charge in [0.15, 0.2) is 0 Å². The molecule has 1 heterocycles. The summed E-state index contributed by atoms with van der Waals surface area (Å²) in [5, 5.41) is 33.7. The zero-order chi connectivity index (χ0) is 15.2. The number of aromatic nitrogens is 2. The largest absolute Gasteiger partial charge is 0.430 e. The van der Waals surface area contributed by atoms with Gasteiger partial charge in [-0.05, 0) is 14.8 Å². The molecule has 19 heavy (non-hydrogen) atoms. The van der Waals surface area contributed by atoms with Gasteiger partial charge in [-0.3, -0.25) is 21.6 Å². The Morgan fingerprint density at radius 3 is 2.05 bits per heavy atom. The van der Waals surface area contributed by atoms with E-state index in [4.69, 9.17) is 0 Å². The molecule has 0 radical (unpaired) electrons. The van der Waals surface area contributed by atoms with Crippen LogP contribution in [0.1, 0.15) is 0 Å². The van der Waals surface area contributed by atoms with Gasteiger partial charge in [0.1, 0.15) is 6.20 Å². The van der Waals surface area contributed by atoms with Crippen molar-refractivity contribution in [2.75, 3.05) is 0 Å². The van der Waals surface area contributed by atoms with Gasteiger partial charge in [0.2, 0.25) is 0 Å². The molecule has 0 saturated heterocycles. The molecule has 0 fully saturated rings. The summed E-state index contributed by atoms with van der Waals surface area (Å²) in [6.07, 6.45) is 0.473. The first-order chi connectivity index (χ1) is 8.65. The number of hydrogen-bond acceptors (Lipinski definition) is 7. The summed E-state index contributed by atoms with van der Waals surface area (Å²) in [7, 11) is 0. The minimum Gasteiger partial charge on any atom is -0.390 e. The number of nitrogens with zero attached hydrogens (tertiary/aromatic N) is 6. The van der Waals surface area contributed by atoms with Gasteiger partial charge >= 0.3 is 17.7 Å². The highest BCUT2D eigenvalue weighted by Gasteiger charge is 2.19. The van der Waals surface area contributed by atoms with Gasteiger partial charge in [0, 0.05) is 0 Å². The average Bonchev–Trinajstić information content (AvgIpc) is 2.59. The summed E-state index contributed by atoms with van der Waals surface area (Å²) >= 11 is 0. The van der Waals surface area contributed by atoms with Crippen LogP contribution in [0.15, 0.2) is 6.20 Å². The van der Waals surface area contributed by atoms with Crippen molar-refractivity contribution in [3.05, 3.63) is 42.1 Å². The SMILES string of the molecule is NC(N)=[NH2+].O=[N+]([O-])[N-]n1cc([N+](=O)[O-])nc1[N+](=O)[O-]. The van der Waals surface area contributed by atoms with Crippen molar-refractivity contribution in [1.29, 1.82) is 0 Å². The molecule has 0 atom stereocenters. The molecule has 0 aliphatic rings. The lowest BCUT2D eigenvalue weighted by Crippen LogP contribution is -2.51. The summed E-state index contributed by atoms with van der Waals surface area (Å²) in [5.74, 6) is -2.08. The van der Waals surface area contributed by atoms with Crippen LogP contribution in [0.4, 0.5) is 11.8 Å². The van der Waals surface area contributed by atoms with E-state index in [-0.39, 0.29) is 10.6 Å². The maximum Gasteiger partial charge on any atom is 0.430 e. The van der Waals surface area contributed by atoms with Crippen LogP contribution in [-0.4, -0.2) is 30.5 Å². The molecule has 6 N–H and O–H groups in total. The Bertz CT molecular complexity index is 517. The number of rotatable bonds is 4. The zero-order valence-electron chi connectivity index (χ0n) is 8.94. The van der Waals surface area contributed by atoms with E-state index in [1.807, 2.05) is 0 Å². The second kappa shape index (κ2) is 6.27. The molecule has 0 bridgehead atoms. The molecule has 0 aliphatic heterocycles. The predicted molar refractivity (Wildman–Crippen MR) is 56.6 cm³/mol. The Labute approximate surface area is 102 Å². The lowest BCUT2D eigenvalue weighted by Gasteiger charge is -2.12. The Kier molecular flexibility index (Phi) is 5.11. The van der Waals surface area contributed by atoms with Crippen LogP contribution in [0.5, 0.6) is 0 Å². The lowest BCUT2D eigenvalue weighted by atomic mass is 10.8. The van der Waals surface area contributed by atoms with Crippen molar-refractivity contribution in [3.63, 3.8) is 0 Å². The van der Waals surface area contributed by atoms with Crippen LogP contribution in [-0.2, 0) is 0 Å². The standard InChI is InChI=1S/C3HN6O6.CH5N3/c10-7(11)2-1-6(5-9(14)15)3(4-2)8(12)13;2-1(3)4/h1H;(H5,2,3,4)/q-1;/p+1. The Hall–Kier alpha value is -3.52. The van der Waals surface area contributed by atoms with Crippen LogP contribution in [0, 0.1) is 30.3 Å². The van der Waals surface area contributed by atoms with Gasteiger partial charge in [-0.1, -0.05) is 0 Å². The van der Waals surface area contributed by atoms with E-state index >= 15 is 0 Å². The molecule has 15 heteroatoms. The molecule has 15 nitrogen and oxygen atoms in total. The lowest BCUT2D eigenvalue weighted by molar-refractivity contribution is -0.441. The van der Waals surface area contributed by atoms with E-state index in [2.05, 4.69) is 27.4 Å². The van der Waals surface area contributed by atoms with Gasteiger partial charge in [-0.2, -0.15) is 0 Å². The fraction of sp³-hybridized carbons (Fsp3) is 0.